The summed E-state index contributed by atoms with van der Waals surface area (Å²) in [4.78, 5) is 13.8. The maximum atomic E-state index is 5.71. The molecule has 1 aromatic rings. The molecule has 1 aromatic heterocycles. The fourth-order valence-electron chi connectivity index (χ4n) is 2.77. The van der Waals surface area contributed by atoms with Crippen molar-refractivity contribution in [1.29, 1.82) is 0 Å². The first-order chi connectivity index (χ1) is 11.5. The summed E-state index contributed by atoms with van der Waals surface area (Å²) in [6, 6.07) is 5.63. The third-order valence-electron chi connectivity index (χ3n) is 3.88. The average molecular weight is 460 g/mol. The van der Waals surface area contributed by atoms with Crippen LogP contribution in [0.1, 0.15) is 25.2 Å². The number of hydrogen-bond acceptors (Lipinski definition) is 7. The van der Waals surface area contributed by atoms with E-state index in [-0.39, 0.29) is 53.0 Å². The van der Waals surface area contributed by atoms with Crippen molar-refractivity contribution in [2.45, 2.75) is 24.9 Å². The van der Waals surface area contributed by atoms with E-state index in [1.54, 1.807) is 14.2 Å². The van der Waals surface area contributed by atoms with E-state index in [0.29, 0.717) is 49.6 Å². The van der Waals surface area contributed by atoms with Crippen LogP contribution in [0.25, 0.3) is 0 Å². The molecule has 0 spiro atoms. The minimum atomic E-state index is -0.375. The van der Waals surface area contributed by atoms with Crippen molar-refractivity contribution < 1.29 is 60.8 Å². The Balaban J connectivity index is 0.00000225. The Morgan fingerprint density at radius 3 is 1.67 bits per heavy atom. The Morgan fingerprint density at radius 1 is 0.889 bits per heavy atom. The molecule has 2 unspecified atom stereocenters. The summed E-state index contributed by atoms with van der Waals surface area (Å²) in [6.07, 6.45) is 0. The van der Waals surface area contributed by atoms with Gasteiger partial charge in [-0.05, 0) is 26.0 Å². The Kier molecular flexibility index (Phi) is 10.2. The standard InChI is InChI=1S/C17H23N3O4.2ClH.Fe/c1-16(8-21-3)10-23-14(19-16)12-6-5-7-13(18-12)15-20-17(2,9-22-4)11-24-15;;;/h5-7H,8-11H2,1-4H3;2*1H;/q;;;+2/p-2. The van der Waals surface area contributed by atoms with E-state index < -0.39 is 0 Å². The molecule has 152 valence electrons. The molecule has 27 heavy (non-hydrogen) atoms. The van der Waals surface area contributed by atoms with E-state index in [1.165, 1.54) is 0 Å². The molecular formula is C17H23Cl2FeN3O4. The predicted octanol–water partition coefficient (Wildman–Crippen LogP) is -4.55. The molecule has 0 fully saturated rings. The van der Waals surface area contributed by atoms with Crippen LogP contribution in [0.2, 0.25) is 0 Å². The summed E-state index contributed by atoms with van der Waals surface area (Å²) in [5.74, 6) is 1.05. The maximum absolute atomic E-state index is 5.71. The van der Waals surface area contributed by atoms with Gasteiger partial charge in [-0.2, -0.15) is 0 Å². The molecule has 0 saturated carbocycles. The molecule has 0 radical (unpaired) electrons. The SMILES string of the molecule is COCC1(C)COC(c2cccc(C3=NC(C)(COC)CO3)n2)=N1.[Cl-].[Cl-].[Fe+2]. The molecule has 2 aliphatic heterocycles. The number of methoxy groups -OCH3 is 2. The molecule has 0 bridgehead atoms. The van der Waals surface area contributed by atoms with E-state index in [9.17, 15) is 0 Å². The fourth-order valence-corrected chi connectivity index (χ4v) is 2.77. The van der Waals surface area contributed by atoms with Crippen LogP contribution >= 0.6 is 0 Å². The van der Waals surface area contributed by atoms with Gasteiger partial charge in [-0.25, -0.2) is 15.0 Å². The zero-order chi connectivity index (χ0) is 17.2. The molecule has 2 aliphatic rings. The van der Waals surface area contributed by atoms with Gasteiger partial charge in [-0.3, -0.25) is 0 Å². The molecular weight excluding hydrogens is 437 g/mol. The Hall–Kier alpha value is -0.891. The van der Waals surface area contributed by atoms with E-state index in [1.807, 2.05) is 32.0 Å². The smallest absolute Gasteiger partial charge is 1.00 e. The second-order valence-corrected chi connectivity index (χ2v) is 6.68. The third kappa shape index (κ3) is 6.04. The number of hydrogen-bond donors (Lipinski definition) is 0. The molecule has 7 nitrogen and oxygen atoms in total. The average Bonchev–Trinajstić information content (AvgIpc) is 3.12. The third-order valence-corrected chi connectivity index (χ3v) is 3.88. The van der Waals surface area contributed by atoms with Crippen molar-refractivity contribution in [3.8, 4) is 0 Å². The van der Waals surface area contributed by atoms with Crippen molar-refractivity contribution in [2.24, 2.45) is 9.98 Å². The summed E-state index contributed by atoms with van der Waals surface area (Å²) in [5, 5.41) is 0. The van der Waals surface area contributed by atoms with E-state index in [4.69, 9.17) is 18.9 Å². The van der Waals surface area contributed by atoms with Crippen molar-refractivity contribution in [1.82, 2.24) is 4.98 Å². The minimum absolute atomic E-state index is 0. The van der Waals surface area contributed by atoms with Crippen LogP contribution in [0, 0.1) is 0 Å². The van der Waals surface area contributed by atoms with Crippen molar-refractivity contribution in [3.05, 3.63) is 29.6 Å². The minimum Gasteiger partial charge on any atom is -1.00 e. The maximum Gasteiger partial charge on any atom is 2.00 e. The summed E-state index contributed by atoms with van der Waals surface area (Å²) in [6.45, 7) is 5.95. The monoisotopic (exact) mass is 459 g/mol. The van der Waals surface area contributed by atoms with Gasteiger partial charge in [-0.1, -0.05) is 6.07 Å². The summed E-state index contributed by atoms with van der Waals surface area (Å²) in [5.41, 5.74) is 0.582. The van der Waals surface area contributed by atoms with Gasteiger partial charge in [0.15, 0.2) is 0 Å². The molecule has 0 aliphatic carbocycles. The number of aromatic nitrogens is 1. The van der Waals surface area contributed by atoms with Gasteiger partial charge in [0, 0.05) is 14.2 Å². The first kappa shape index (κ1) is 26.1. The molecule has 3 heterocycles. The van der Waals surface area contributed by atoms with Crippen LogP contribution in [0.3, 0.4) is 0 Å². The summed E-state index contributed by atoms with van der Waals surface area (Å²) in [7, 11) is 3.31. The Morgan fingerprint density at radius 2 is 1.30 bits per heavy atom. The normalized spacial score (nSPS) is 25.8. The number of aliphatic imine (C=N–C) groups is 2. The first-order valence-electron chi connectivity index (χ1n) is 7.88. The number of rotatable bonds is 6. The van der Waals surface area contributed by atoms with E-state index in [0.717, 1.165) is 0 Å². The van der Waals surface area contributed by atoms with Crippen molar-refractivity contribution in [2.75, 3.05) is 40.6 Å². The van der Waals surface area contributed by atoms with Crippen LogP contribution in [0.15, 0.2) is 28.2 Å². The van der Waals surface area contributed by atoms with Crippen LogP contribution in [-0.4, -0.2) is 68.5 Å². The topological polar surface area (TPSA) is 74.5 Å². The number of nitrogens with zero attached hydrogens (tertiary/aromatic N) is 3. The van der Waals surface area contributed by atoms with Crippen LogP contribution < -0.4 is 24.8 Å². The van der Waals surface area contributed by atoms with Crippen LogP contribution in [0.5, 0.6) is 0 Å². The second-order valence-electron chi connectivity index (χ2n) is 6.68. The quantitative estimate of drug-likeness (QED) is 0.400. The number of ether oxygens (including phenoxy) is 4. The van der Waals surface area contributed by atoms with Gasteiger partial charge in [0.25, 0.3) is 0 Å². The predicted molar refractivity (Wildman–Crippen MR) is 89.8 cm³/mol. The van der Waals surface area contributed by atoms with Gasteiger partial charge in [0.1, 0.15) is 35.7 Å². The molecule has 10 heteroatoms. The Bertz CT molecular complexity index is 639. The van der Waals surface area contributed by atoms with Crippen molar-refractivity contribution >= 4 is 11.8 Å². The summed E-state index contributed by atoms with van der Waals surface area (Å²) >= 11 is 0. The molecule has 0 N–H and O–H groups in total. The zero-order valence-corrected chi connectivity index (χ0v) is 18.3. The number of pyridine rings is 1. The van der Waals surface area contributed by atoms with Crippen LogP contribution in [0.4, 0.5) is 0 Å². The van der Waals surface area contributed by atoms with Gasteiger partial charge in [-0.15, -0.1) is 0 Å². The zero-order valence-electron chi connectivity index (χ0n) is 15.6. The first-order valence-corrected chi connectivity index (χ1v) is 7.88. The van der Waals surface area contributed by atoms with Gasteiger partial charge >= 0.3 is 17.1 Å². The van der Waals surface area contributed by atoms with E-state index >= 15 is 0 Å². The van der Waals surface area contributed by atoms with E-state index in [2.05, 4.69) is 15.0 Å². The molecule has 0 aromatic carbocycles. The molecule has 3 rings (SSSR count). The largest absolute Gasteiger partial charge is 2.00 e. The second kappa shape index (κ2) is 10.6. The van der Waals surface area contributed by atoms with Gasteiger partial charge in [0.05, 0.1) is 13.2 Å². The molecule has 0 amide bonds. The van der Waals surface area contributed by atoms with Crippen molar-refractivity contribution in [3.63, 3.8) is 0 Å². The molecule has 0 saturated heterocycles. The number of halogens is 2. The van der Waals surface area contributed by atoms with Gasteiger partial charge in [0.2, 0.25) is 11.8 Å². The van der Waals surface area contributed by atoms with Crippen LogP contribution in [-0.2, 0) is 36.0 Å². The van der Waals surface area contributed by atoms with Gasteiger partial charge < -0.3 is 43.8 Å². The Labute approximate surface area is 182 Å². The molecule has 2 atom stereocenters. The fraction of sp³-hybridized carbons (Fsp3) is 0.588. The summed E-state index contributed by atoms with van der Waals surface area (Å²) < 4.78 is 21.8.